The molecule has 1 saturated carbocycles. The van der Waals surface area contributed by atoms with Gasteiger partial charge in [0.15, 0.2) is 5.82 Å². The highest BCUT2D eigenvalue weighted by atomic mass is 35.5. The molecule has 10 heteroatoms. The topological polar surface area (TPSA) is 75.3 Å². The van der Waals surface area contributed by atoms with Gasteiger partial charge in [0.25, 0.3) is 0 Å². The van der Waals surface area contributed by atoms with Crippen LogP contribution in [0.25, 0.3) is 11.3 Å². The van der Waals surface area contributed by atoms with Crippen molar-refractivity contribution in [1.82, 2.24) is 9.97 Å². The molecule has 1 aromatic carbocycles. The highest BCUT2D eigenvalue weighted by Gasteiger charge is 2.69. The number of aromatic nitrogens is 2. The van der Waals surface area contributed by atoms with Crippen molar-refractivity contribution in [1.29, 1.82) is 0 Å². The molecule has 5 nitrogen and oxygen atoms in total. The Labute approximate surface area is 188 Å². The van der Waals surface area contributed by atoms with Crippen LogP contribution in [0.15, 0.2) is 18.2 Å². The van der Waals surface area contributed by atoms with Gasteiger partial charge in [0.05, 0.1) is 33.5 Å². The number of nitrogens with two attached hydrogens (primary N) is 1. The molecular formula is C21H23Cl2F3N4O. The molecule has 1 saturated heterocycles. The minimum atomic E-state index is -4.36. The largest absolute Gasteiger partial charge is 0.396 e. The van der Waals surface area contributed by atoms with Crippen LogP contribution in [-0.2, 0) is 6.61 Å². The summed E-state index contributed by atoms with van der Waals surface area (Å²) in [6.45, 7) is 1.61. The number of aliphatic hydroxyl groups is 1. The van der Waals surface area contributed by atoms with E-state index in [2.05, 4.69) is 9.97 Å². The van der Waals surface area contributed by atoms with Crippen LogP contribution in [0, 0.1) is 12.3 Å². The van der Waals surface area contributed by atoms with Gasteiger partial charge in [-0.2, -0.15) is 13.2 Å². The molecule has 0 unspecified atom stereocenters. The molecule has 4 rings (SSSR count). The Kier molecular flexibility index (Phi) is 5.65. The van der Waals surface area contributed by atoms with Gasteiger partial charge in [0, 0.05) is 24.2 Å². The van der Waals surface area contributed by atoms with E-state index < -0.39 is 23.7 Å². The molecular weight excluding hydrogens is 452 g/mol. The Balaban J connectivity index is 1.66. The van der Waals surface area contributed by atoms with E-state index in [1.165, 1.54) is 0 Å². The second kappa shape index (κ2) is 7.76. The third kappa shape index (κ3) is 3.67. The first-order chi connectivity index (χ1) is 14.5. The van der Waals surface area contributed by atoms with Crippen molar-refractivity contribution in [2.24, 2.45) is 11.1 Å². The molecule has 3 N–H and O–H groups in total. The molecule has 31 heavy (non-hydrogen) atoms. The lowest BCUT2D eigenvalue weighted by atomic mass is 9.70. The molecule has 1 aromatic heterocycles. The fraction of sp³-hybridized carbons (Fsp3) is 0.524. The van der Waals surface area contributed by atoms with Crippen LogP contribution < -0.4 is 10.6 Å². The van der Waals surface area contributed by atoms with Crippen LogP contribution in [0.1, 0.15) is 37.1 Å². The van der Waals surface area contributed by atoms with E-state index in [1.807, 2.05) is 0 Å². The fourth-order valence-electron chi connectivity index (χ4n) is 4.62. The molecule has 0 radical (unpaired) electrons. The lowest BCUT2D eigenvalue weighted by Gasteiger charge is -2.47. The van der Waals surface area contributed by atoms with Crippen molar-refractivity contribution in [3.05, 3.63) is 39.6 Å². The number of alkyl halides is 3. The zero-order chi connectivity index (χ0) is 22.6. The smallest absolute Gasteiger partial charge is 0.390 e. The van der Waals surface area contributed by atoms with Crippen LogP contribution >= 0.6 is 23.2 Å². The molecule has 2 aromatic rings. The summed E-state index contributed by atoms with van der Waals surface area (Å²) in [5, 5.41) is 10.6. The Morgan fingerprint density at radius 3 is 2.32 bits per heavy atom. The predicted molar refractivity (Wildman–Crippen MR) is 114 cm³/mol. The number of nitrogens with zero attached hydrogens (tertiary/aromatic N) is 3. The zero-order valence-corrected chi connectivity index (χ0v) is 18.4. The van der Waals surface area contributed by atoms with Gasteiger partial charge in [-0.1, -0.05) is 35.3 Å². The molecule has 1 aliphatic heterocycles. The summed E-state index contributed by atoms with van der Waals surface area (Å²) in [5.74, 6) is 0.388. The predicted octanol–water partition coefficient (Wildman–Crippen LogP) is 4.89. The van der Waals surface area contributed by atoms with Gasteiger partial charge in [0.2, 0.25) is 0 Å². The van der Waals surface area contributed by atoms with E-state index in [0.717, 1.165) is 0 Å². The van der Waals surface area contributed by atoms with Gasteiger partial charge in [0.1, 0.15) is 5.69 Å². The van der Waals surface area contributed by atoms with E-state index in [0.29, 0.717) is 45.7 Å². The molecule has 2 heterocycles. The van der Waals surface area contributed by atoms with Gasteiger partial charge in [-0.3, -0.25) is 0 Å². The molecule has 1 aliphatic carbocycles. The molecule has 0 atom stereocenters. The second-order valence-electron chi connectivity index (χ2n) is 8.41. The van der Waals surface area contributed by atoms with Gasteiger partial charge < -0.3 is 15.7 Å². The number of hydrogen-bond donors (Lipinski definition) is 2. The van der Waals surface area contributed by atoms with E-state index in [9.17, 15) is 18.3 Å². The summed E-state index contributed by atoms with van der Waals surface area (Å²) < 4.78 is 42.0. The van der Waals surface area contributed by atoms with Crippen molar-refractivity contribution in [2.45, 2.75) is 50.9 Å². The quantitative estimate of drug-likeness (QED) is 0.659. The van der Waals surface area contributed by atoms with Gasteiger partial charge in [-0.25, -0.2) is 9.97 Å². The first-order valence-electron chi connectivity index (χ1n) is 10.1. The van der Waals surface area contributed by atoms with Gasteiger partial charge in [-0.05, 0) is 38.7 Å². The molecule has 0 spiro atoms. The summed E-state index contributed by atoms with van der Waals surface area (Å²) in [6.07, 6.45) is -3.80. The first-order valence-corrected chi connectivity index (χ1v) is 10.8. The van der Waals surface area contributed by atoms with Gasteiger partial charge in [-0.15, -0.1) is 0 Å². The molecule has 0 bridgehead atoms. The lowest BCUT2D eigenvalue weighted by Crippen LogP contribution is -2.59. The average molecular weight is 475 g/mol. The standard InChI is InChI=1S/C21H23Cl2F3N4O/c1-12-17(13-3-2-4-14(22)16(13)23)29-15(11-31)18(28-12)30-9-7-19(8-10-30,21(24,25)26)20(27)5-6-20/h2-4,31H,5-11,27H2,1H3. The molecule has 0 amide bonds. The van der Waals surface area contributed by atoms with E-state index in [-0.39, 0.29) is 31.6 Å². The van der Waals surface area contributed by atoms with E-state index >= 15 is 0 Å². The Hall–Kier alpha value is -1.61. The first kappa shape index (κ1) is 22.6. The summed E-state index contributed by atoms with van der Waals surface area (Å²) in [4.78, 5) is 10.9. The number of anilines is 1. The lowest BCUT2D eigenvalue weighted by molar-refractivity contribution is -0.242. The van der Waals surface area contributed by atoms with Crippen LogP contribution in [0.5, 0.6) is 0 Å². The highest BCUT2D eigenvalue weighted by molar-refractivity contribution is 6.43. The summed E-state index contributed by atoms with van der Waals surface area (Å²) >= 11 is 12.4. The van der Waals surface area contributed by atoms with Crippen molar-refractivity contribution in [3.63, 3.8) is 0 Å². The Morgan fingerprint density at radius 2 is 1.77 bits per heavy atom. The van der Waals surface area contributed by atoms with Crippen LogP contribution in [-0.4, -0.2) is 39.9 Å². The third-order valence-corrected chi connectivity index (χ3v) is 7.50. The second-order valence-corrected chi connectivity index (χ2v) is 9.20. The summed E-state index contributed by atoms with van der Waals surface area (Å²) in [6, 6.07) is 5.14. The van der Waals surface area contributed by atoms with Crippen molar-refractivity contribution in [2.75, 3.05) is 18.0 Å². The SMILES string of the molecule is Cc1nc(N2CCC(C(F)(F)F)(C3(N)CC3)CC2)c(CO)nc1-c1cccc(Cl)c1Cl. The monoisotopic (exact) mass is 474 g/mol. The number of halogens is 5. The number of piperidine rings is 1. The van der Waals surface area contributed by atoms with Crippen LogP contribution in [0.3, 0.4) is 0 Å². The Morgan fingerprint density at radius 1 is 1.13 bits per heavy atom. The van der Waals surface area contributed by atoms with E-state index in [1.54, 1.807) is 30.0 Å². The minimum Gasteiger partial charge on any atom is -0.390 e. The summed E-state index contributed by atoms with van der Waals surface area (Å²) in [7, 11) is 0. The molecule has 2 aliphatic rings. The minimum absolute atomic E-state index is 0.111. The zero-order valence-electron chi connectivity index (χ0n) is 16.9. The van der Waals surface area contributed by atoms with Crippen LogP contribution in [0.2, 0.25) is 10.0 Å². The fourth-order valence-corrected chi connectivity index (χ4v) is 5.01. The highest BCUT2D eigenvalue weighted by Crippen LogP contribution is 2.61. The van der Waals surface area contributed by atoms with Gasteiger partial charge >= 0.3 is 6.18 Å². The number of benzene rings is 1. The maximum atomic E-state index is 14.0. The third-order valence-electron chi connectivity index (χ3n) is 6.68. The van der Waals surface area contributed by atoms with E-state index in [4.69, 9.17) is 28.9 Å². The summed E-state index contributed by atoms with van der Waals surface area (Å²) in [5.41, 5.74) is 4.91. The van der Waals surface area contributed by atoms with Crippen molar-refractivity contribution >= 4 is 29.0 Å². The van der Waals surface area contributed by atoms with Crippen molar-refractivity contribution < 1.29 is 18.3 Å². The Bertz CT molecular complexity index is 996. The molecule has 2 fully saturated rings. The maximum absolute atomic E-state index is 14.0. The maximum Gasteiger partial charge on any atom is 0.396 e. The average Bonchev–Trinajstić information content (AvgIpc) is 3.48. The molecule has 168 valence electrons. The van der Waals surface area contributed by atoms with Crippen molar-refractivity contribution in [3.8, 4) is 11.3 Å². The number of rotatable bonds is 4. The number of aliphatic hydroxyl groups excluding tert-OH is 1. The van der Waals surface area contributed by atoms with Crippen LogP contribution in [0.4, 0.5) is 19.0 Å². The normalized spacial score (nSPS) is 20.1. The number of aryl methyl sites for hydroxylation is 1. The number of hydrogen-bond acceptors (Lipinski definition) is 5.